The van der Waals surface area contributed by atoms with E-state index in [0.29, 0.717) is 24.5 Å². The first kappa shape index (κ1) is 15.7. The fourth-order valence-corrected chi connectivity index (χ4v) is 2.36. The van der Waals surface area contributed by atoms with Crippen molar-refractivity contribution in [1.82, 2.24) is 5.32 Å². The Kier molecular flexibility index (Phi) is 6.56. The molecule has 1 amide bonds. The fourth-order valence-electron chi connectivity index (χ4n) is 1.74. The van der Waals surface area contributed by atoms with Crippen LogP contribution < -0.4 is 11.1 Å². The van der Waals surface area contributed by atoms with Crippen molar-refractivity contribution in [2.24, 2.45) is 0 Å². The highest BCUT2D eigenvalue weighted by molar-refractivity contribution is 7.84. The molecule has 0 aliphatic heterocycles. The van der Waals surface area contributed by atoms with Crippen LogP contribution in [-0.4, -0.2) is 28.2 Å². The molecule has 1 aromatic carbocycles. The number of carbonyl (C=O) groups excluding carboxylic acids is 1. The van der Waals surface area contributed by atoms with E-state index in [1.807, 2.05) is 38.1 Å². The summed E-state index contributed by atoms with van der Waals surface area (Å²) in [4.78, 5) is 11.7. The summed E-state index contributed by atoms with van der Waals surface area (Å²) in [5.41, 5.74) is 7.45. The number of carbonyl (C=O) groups is 1. The molecule has 5 heteroatoms. The van der Waals surface area contributed by atoms with Gasteiger partial charge in [0.1, 0.15) is 0 Å². The maximum absolute atomic E-state index is 11.7. The molecule has 4 nitrogen and oxygen atoms in total. The van der Waals surface area contributed by atoms with Crippen molar-refractivity contribution in [1.29, 1.82) is 0 Å². The normalized spacial score (nSPS) is 13.8. The molecule has 0 fully saturated rings. The average Bonchev–Trinajstić information content (AvgIpc) is 2.39. The highest BCUT2D eigenvalue weighted by Gasteiger charge is 2.11. The number of anilines is 1. The predicted octanol–water partition coefficient (Wildman–Crippen LogP) is 1.65. The summed E-state index contributed by atoms with van der Waals surface area (Å²) in [5.74, 6) is 1.31. The molecule has 0 saturated carbocycles. The van der Waals surface area contributed by atoms with E-state index in [-0.39, 0.29) is 11.8 Å². The van der Waals surface area contributed by atoms with Crippen molar-refractivity contribution in [3.05, 3.63) is 29.8 Å². The van der Waals surface area contributed by atoms with Gasteiger partial charge in [0.2, 0.25) is 5.91 Å². The zero-order chi connectivity index (χ0) is 14.3. The molecule has 1 rings (SSSR count). The third-order valence-corrected chi connectivity index (χ3v) is 4.27. The van der Waals surface area contributed by atoms with Gasteiger partial charge in [-0.3, -0.25) is 9.00 Å². The summed E-state index contributed by atoms with van der Waals surface area (Å²) < 4.78 is 11.2. The van der Waals surface area contributed by atoms with Crippen molar-refractivity contribution in [2.75, 3.05) is 23.8 Å². The molecule has 2 unspecified atom stereocenters. The first-order chi connectivity index (χ1) is 9.02. The van der Waals surface area contributed by atoms with Gasteiger partial charge in [-0.15, -0.1) is 0 Å². The molecular formula is C14H22N2O2S. The summed E-state index contributed by atoms with van der Waals surface area (Å²) in [6.45, 7) is 4.37. The number of hydrogen-bond acceptors (Lipinski definition) is 3. The van der Waals surface area contributed by atoms with Crippen molar-refractivity contribution >= 4 is 22.4 Å². The number of nitrogens with two attached hydrogens (primary N) is 1. The van der Waals surface area contributed by atoms with Crippen molar-refractivity contribution < 1.29 is 9.00 Å². The van der Waals surface area contributed by atoms with E-state index in [1.54, 1.807) is 0 Å². The second kappa shape index (κ2) is 7.94. The Morgan fingerprint density at radius 1 is 1.37 bits per heavy atom. The minimum atomic E-state index is -0.823. The lowest BCUT2D eigenvalue weighted by molar-refractivity contribution is -0.121. The van der Waals surface area contributed by atoms with Crippen molar-refractivity contribution in [3.63, 3.8) is 0 Å². The minimum Gasteiger partial charge on any atom is -0.399 e. The summed E-state index contributed by atoms with van der Waals surface area (Å²) in [6, 6.07) is 7.57. The third kappa shape index (κ3) is 5.87. The molecule has 0 bridgehead atoms. The second-order valence-corrected chi connectivity index (χ2v) is 6.42. The van der Waals surface area contributed by atoms with E-state index in [9.17, 15) is 9.00 Å². The largest absolute Gasteiger partial charge is 0.399 e. The van der Waals surface area contributed by atoms with Gasteiger partial charge in [0.25, 0.3) is 0 Å². The molecule has 0 aromatic heterocycles. The van der Waals surface area contributed by atoms with Gasteiger partial charge in [-0.25, -0.2) is 0 Å². The number of rotatable bonds is 7. The molecule has 0 aliphatic rings. The van der Waals surface area contributed by atoms with Crippen LogP contribution in [0.4, 0.5) is 5.69 Å². The predicted molar refractivity (Wildman–Crippen MR) is 80.4 cm³/mol. The number of nitrogens with one attached hydrogen (secondary N) is 1. The monoisotopic (exact) mass is 282 g/mol. The van der Waals surface area contributed by atoms with Crippen LogP contribution in [0.15, 0.2) is 24.3 Å². The van der Waals surface area contributed by atoms with Gasteiger partial charge in [-0.1, -0.05) is 26.0 Å². The van der Waals surface area contributed by atoms with E-state index >= 15 is 0 Å². The van der Waals surface area contributed by atoms with Crippen LogP contribution in [0.5, 0.6) is 0 Å². The fraction of sp³-hybridized carbons (Fsp3) is 0.500. The molecule has 106 valence electrons. The molecule has 1 aromatic rings. The van der Waals surface area contributed by atoms with E-state index in [1.165, 1.54) is 0 Å². The van der Waals surface area contributed by atoms with E-state index < -0.39 is 10.8 Å². The molecule has 19 heavy (non-hydrogen) atoms. The minimum absolute atomic E-state index is 0.00238. The van der Waals surface area contributed by atoms with Gasteiger partial charge >= 0.3 is 0 Å². The van der Waals surface area contributed by atoms with Gasteiger partial charge in [0.15, 0.2) is 0 Å². The van der Waals surface area contributed by atoms with Gasteiger partial charge < -0.3 is 11.1 Å². The number of benzene rings is 1. The molecule has 0 radical (unpaired) electrons. The molecule has 0 aliphatic carbocycles. The SMILES string of the molecule is CCS(=O)CCNC(=O)CC(C)c1ccc(N)cc1. The van der Waals surface area contributed by atoms with Gasteiger partial charge in [-0.05, 0) is 23.6 Å². The summed E-state index contributed by atoms with van der Waals surface area (Å²) in [5, 5.41) is 2.80. The Hall–Kier alpha value is -1.36. The number of amides is 1. The second-order valence-electron chi connectivity index (χ2n) is 4.55. The van der Waals surface area contributed by atoms with E-state index in [0.717, 1.165) is 11.3 Å². The molecule has 3 N–H and O–H groups in total. The highest BCUT2D eigenvalue weighted by atomic mass is 32.2. The Labute approximate surface area is 117 Å². The van der Waals surface area contributed by atoms with Crippen LogP contribution in [0.25, 0.3) is 0 Å². The molecule has 0 spiro atoms. The van der Waals surface area contributed by atoms with Gasteiger partial charge in [0, 0.05) is 41.0 Å². The summed E-state index contributed by atoms with van der Waals surface area (Å²) >= 11 is 0. The van der Waals surface area contributed by atoms with Gasteiger partial charge in [-0.2, -0.15) is 0 Å². The van der Waals surface area contributed by atoms with Crippen LogP contribution in [0, 0.1) is 0 Å². The van der Waals surface area contributed by atoms with Crippen LogP contribution in [0.1, 0.15) is 31.7 Å². The number of nitrogen functional groups attached to an aromatic ring is 1. The Balaban J connectivity index is 2.35. The van der Waals surface area contributed by atoms with Crippen LogP contribution in [0.3, 0.4) is 0 Å². The zero-order valence-electron chi connectivity index (χ0n) is 11.5. The average molecular weight is 282 g/mol. The molecule has 0 heterocycles. The standard InChI is InChI=1S/C14H22N2O2S/c1-3-19(18)9-8-16-14(17)10-11(2)12-4-6-13(15)7-5-12/h4-7,11H,3,8-10,15H2,1-2H3,(H,16,17). The summed E-state index contributed by atoms with van der Waals surface area (Å²) in [6.07, 6.45) is 0.433. The first-order valence-electron chi connectivity index (χ1n) is 6.50. The van der Waals surface area contributed by atoms with Crippen molar-refractivity contribution in [2.45, 2.75) is 26.2 Å². The van der Waals surface area contributed by atoms with Crippen LogP contribution >= 0.6 is 0 Å². The smallest absolute Gasteiger partial charge is 0.220 e. The molecule has 2 atom stereocenters. The Morgan fingerprint density at radius 3 is 2.58 bits per heavy atom. The van der Waals surface area contributed by atoms with Gasteiger partial charge in [0.05, 0.1) is 0 Å². The Morgan fingerprint density at radius 2 is 2.00 bits per heavy atom. The quantitative estimate of drug-likeness (QED) is 0.747. The third-order valence-electron chi connectivity index (χ3n) is 2.97. The molecule has 0 saturated heterocycles. The summed E-state index contributed by atoms with van der Waals surface area (Å²) in [7, 11) is -0.823. The highest BCUT2D eigenvalue weighted by Crippen LogP contribution is 2.19. The first-order valence-corrected chi connectivity index (χ1v) is 7.98. The lowest BCUT2D eigenvalue weighted by Gasteiger charge is -2.12. The number of hydrogen-bond donors (Lipinski definition) is 2. The van der Waals surface area contributed by atoms with Crippen LogP contribution in [0.2, 0.25) is 0 Å². The maximum Gasteiger partial charge on any atom is 0.220 e. The zero-order valence-corrected chi connectivity index (χ0v) is 12.3. The maximum atomic E-state index is 11.7. The van der Waals surface area contributed by atoms with E-state index in [2.05, 4.69) is 5.32 Å². The Bertz CT molecular complexity index is 432. The lowest BCUT2D eigenvalue weighted by atomic mass is 9.97. The topological polar surface area (TPSA) is 72.2 Å². The molecular weight excluding hydrogens is 260 g/mol. The van der Waals surface area contributed by atoms with Crippen molar-refractivity contribution in [3.8, 4) is 0 Å². The lowest BCUT2D eigenvalue weighted by Crippen LogP contribution is -2.28. The van der Waals surface area contributed by atoms with Crippen LogP contribution in [-0.2, 0) is 15.6 Å². The van der Waals surface area contributed by atoms with E-state index in [4.69, 9.17) is 5.73 Å².